The molecule has 1 aromatic heterocycles. The first-order valence-corrected chi connectivity index (χ1v) is 9.36. The Bertz CT molecular complexity index is 934. The number of aromatic nitrogens is 2. The molecule has 4 heteroatoms. The number of anilines is 2. The molecule has 0 bridgehead atoms. The SMILES string of the molecule is COc1ccc(-c2ccc(C3=CCCCC3)cc2Nc2cccnn2)cc1. The largest absolute Gasteiger partial charge is 0.497 e. The summed E-state index contributed by atoms with van der Waals surface area (Å²) in [5.41, 5.74) is 6.00. The summed E-state index contributed by atoms with van der Waals surface area (Å²) in [4.78, 5) is 0. The number of nitrogens with zero attached hydrogens (tertiary/aromatic N) is 2. The van der Waals surface area contributed by atoms with E-state index in [1.807, 2.05) is 24.3 Å². The highest BCUT2D eigenvalue weighted by Gasteiger charge is 2.12. The highest BCUT2D eigenvalue weighted by atomic mass is 16.5. The molecule has 3 aromatic rings. The van der Waals surface area contributed by atoms with Gasteiger partial charge in [-0.2, -0.15) is 5.10 Å². The van der Waals surface area contributed by atoms with Crippen LogP contribution in [0.1, 0.15) is 31.2 Å². The van der Waals surface area contributed by atoms with Crippen molar-refractivity contribution in [2.75, 3.05) is 12.4 Å². The molecule has 1 N–H and O–H groups in total. The van der Waals surface area contributed by atoms with Gasteiger partial charge in [-0.3, -0.25) is 0 Å². The molecule has 0 saturated heterocycles. The zero-order chi connectivity index (χ0) is 18.5. The van der Waals surface area contributed by atoms with E-state index in [4.69, 9.17) is 4.74 Å². The van der Waals surface area contributed by atoms with Gasteiger partial charge in [0, 0.05) is 17.4 Å². The van der Waals surface area contributed by atoms with Crippen molar-refractivity contribution in [3.05, 3.63) is 72.4 Å². The molecular formula is C23H23N3O. The normalized spacial score (nSPS) is 13.7. The number of ether oxygens (including phenoxy) is 1. The number of hydrogen-bond donors (Lipinski definition) is 1. The van der Waals surface area contributed by atoms with Crippen LogP contribution in [0.2, 0.25) is 0 Å². The van der Waals surface area contributed by atoms with Crippen LogP contribution < -0.4 is 10.1 Å². The molecule has 0 unspecified atom stereocenters. The van der Waals surface area contributed by atoms with Crippen LogP contribution in [-0.2, 0) is 0 Å². The molecule has 1 aliphatic rings. The molecule has 0 radical (unpaired) electrons. The van der Waals surface area contributed by atoms with Gasteiger partial charge in [-0.05, 0) is 72.7 Å². The monoisotopic (exact) mass is 357 g/mol. The fourth-order valence-corrected chi connectivity index (χ4v) is 3.48. The third-order valence-electron chi connectivity index (χ3n) is 4.92. The molecule has 27 heavy (non-hydrogen) atoms. The third kappa shape index (κ3) is 4.00. The molecular weight excluding hydrogens is 334 g/mol. The van der Waals surface area contributed by atoms with Gasteiger partial charge in [-0.15, -0.1) is 5.10 Å². The smallest absolute Gasteiger partial charge is 0.153 e. The maximum atomic E-state index is 5.29. The standard InChI is InChI=1S/C23H23N3O/c1-27-20-12-9-18(10-13-20)21-14-11-19(17-6-3-2-4-7-17)16-22(21)25-23-8-5-15-24-26-23/h5-6,8-16H,2-4,7H2,1H3,(H,25,26). The van der Waals surface area contributed by atoms with Crippen molar-refractivity contribution < 1.29 is 4.74 Å². The van der Waals surface area contributed by atoms with E-state index >= 15 is 0 Å². The van der Waals surface area contributed by atoms with Crippen LogP contribution in [0.25, 0.3) is 16.7 Å². The Morgan fingerprint density at radius 3 is 2.52 bits per heavy atom. The van der Waals surface area contributed by atoms with E-state index in [9.17, 15) is 0 Å². The molecule has 0 atom stereocenters. The number of allylic oxidation sites excluding steroid dienone is 2. The lowest BCUT2D eigenvalue weighted by Crippen LogP contribution is -1.99. The summed E-state index contributed by atoms with van der Waals surface area (Å²) < 4.78 is 5.29. The van der Waals surface area contributed by atoms with E-state index in [0.29, 0.717) is 0 Å². The van der Waals surface area contributed by atoms with Crippen molar-refractivity contribution >= 4 is 17.1 Å². The molecule has 0 aliphatic heterocycles. The molecule has 4 nitrogen and oxygen atoms in total. The van der Waals surface area contributed by atoms with E-state index in [2.05, 4.69) is 51.9 Å². The van der Waals surface area contributed by atoms with Gasteiger partial charge >= 0.3 is 0 Å². The van der Waals surface area contributed by atoms with Gasteiger partial charge < -0.3 is 10.1 Å². The summed E-state index contributed by atoms with van der Waals surface area (Å²) >= 11 is 0. The lowest BCUT2D eigenvalue weighted by atomic mass is 9.91. The van der Waals surface area contributed by atoms with Crippen LogP contribution >= 0.6 is 0 Å². The molecule has 4 rings (SSSR count). The molecule has 1 heterocycles. The van der Waals surface area contributed by atoms with Crippen LogP contribution in [-0.4, -0.2) is 17.3 Å². The van der Waals surface area contributed by atoms with E-state index in [1.165, 1.54) is 30.4 Å². The third-order valence-corrected chi connectivity index (χ3v) is 4.92. The maximum Gasteiger partial charge on any atom is 0.153 e. The summed E-state index contributed by atoms with van der Waals surface area (Å²) in [6.45, 7) is 0. The number of benzene rings is 2. The van der Waals surface area contributed by atoms with E-state index in [1.54, 1.807) is 13.3 Å². The Morgan fingerprint density at radius 2 is 1.81 bits per heavy atom. The van der Waals surface area contributed by atoms with Gasteiger partial charge in [-0.25, -0.2) is 0 Å². The Kier molecular flexibility index (Phi) is 5.15. The van der Waals surface area contributed by atoms with Gasteiger partial charge in [0.05, 0.1) is 7.11 Å². The zero-order valence-electron chi connectivity index (χ0n) is 15.5. The van der Waals surface area contributed by atoms with Crippen LogP contribution in [0.4, 0.5) is 11.5 Å². The summed E-state index contributed by atoms with van der Waals surface area (Å²) in [6.07, 6.45) is 8.92. The van der Waals surface area contributed by atoms with Crippen molar-refractivity contribution in [1.82, 2.24) is 10.2 Å². The van der Waals surface area contributed by atoms with E-state index in [-0.39, 0.29) is 0 Å². The van der Waals surface area contributed by atoms with Crippen molar-refractivity contribution in [2.24, 2.45) is 0 Å². The zero-order valence-corrected chi connectivity index (χ0v) is 15.5. The second kappa shape index (κ2) is 8.04. The van der Waals surface area contributed by atoms with Crippen molar-refractivity contribution in [2.45, 2.75) is 25.7 Å². The fraction of sp³-hybridized carbons (Fsp3) is 0.217. The van der Waals surface area contributed by atoms with Crippen molar-refractivity contribution in [1.29, 1.82) is 0 Å². The molecule has 0 saturated carbocycles. The number of nitrogens with one attached hydrogen (secondary N) is 1. The topological polar surface area (TPSA) is 47.0 Å². The predicted molar refractivity (Wildman–Crippen MR) is 110 cm³/mol. The Hall–Kier alpha value is -3.14. The minimum absolute atomic E-state index is 0.738. The summed E-state index contributed by atoms with van der Waals surface area (Å²) in [5.74, 6) is 1.59. The van der Waals surface area contributed by atoms with Crippen molar-refractivity contribution in [3.63, 3.8) is 0 Å². The van der Waals surface area contributed by atoms with Gasteiger partial charge in [0.25, 0.3) is 0 Å². The minimum Gasteiger partial charge on any atom is -0.497 e. The average molecular weight is 357 g/mol. The predicted octanol–water partition coefficient (Wildman–Crippen LogP) is 5.85. The first kappa shape index (κ1) is 17.3. The summed E-state index contributed by atoms with van der Waals surface area (Å²) in [7, 11) is 1.68. The van der Waals surface area contributed by atoms with E-state index < -0.39 is 0 Å². The Balaban J connectivity index is 1.75. The highest BCUT2D eigenvalue weighted by molar-refractivity contribution is 5.84. The fourth-order valence-electron chi connectivity index (χ4n) is 3.48. The van der Waals surface area contributed by atoms with E-state index in [0.717, 1.165) is 34.8 Å². The maximum absolute atomic E-state index is 5.29. The van der Waals surface area contributed by atoms with Gasteiger partial charge in [0.15, 0.2) is 5.82 Å². The molecule has 0 spiro atoms. The van der Waals surface area contributed by atoms with Crippen LogP contribution in [0, 0.1) is 0 Å². The molecule has 0 fully saturated rings. The second-order valence-corrected chi connectivity index (χ2v) is 6.70. The Labute approximate surface area is 159 Å². The quantitative estimate of drug-likeness (QED) is 0.622. The van der Waals surface area contributed by atoms with Crippen LogP contribution in [0.15, 0.2) is 66.9 Å². The highest BCUT2D eigenvalue weighted by Crippen LogP contribution is 2.35. The molecule has 1 aliphatic carbocycles. The lowest BCUT2D eigenvalue weighted by molar-refractivity contribution is 0.415. The minimum atomic E-state index is 0.738. The summed E-state index contributed by atoms with van der Waals surface area (Å²) in [5, 5.41) is 11.6. The first-order chi connectivity index (χ1) is 13.3. The van der Waals surface area contributed by atoms with Gasteiger partial charge in [0.2, 0.25) is 0 Å². The lowest BCUT2D eigenvalue weighted by Gasteiger charge is -2.17. The Morgan fingerprint density at radius 1 is 0.963 bits per heavy atom. The molecule has 0 amide bonds. The average Bonchev–Trinajstić information content (AvgIpc) is 2.75. The van der Waals surface area contributed by atoms with Gasteiger partial charge in [-0.1, -0.05) is 30.3 Å². The van der Waals surface area contributed by atoms with Crippen LogP contribution in [0.3, 0.4) is 0 Å². The summed E-state index contributed by atoms with van der Waals surface area (Å²) in [6, 6.07) is 18.6. The molecule has 136 valence electrons. The van der Waals surface area contributed by atoms with Crippen molar-refractivity contribution in [3.8, 4) is 16.9 Å². The number of rotatable bonds is 5. The first-order valence-electron chi connectivity index (χ1n) is 9.36. The number of hydrogen-bond acceptors (Lipinski definition) is 4. The van der Waals surface area contributed by atoms with Crippen LogP contribution in [0.5, 0.6) is 5.75 Å². The second-order valence-electron chi connectivity index (χ2n) is 6.70. The number of methoxy groups -OCH3 is 1. The molecule has 2 aromatic carbocycles. The van der Waals surface area contributed by atoms with Gasteiger partial charge in [0.1, 0.15) is 5.75 Å².